The first-order valence-electron chi connectivity index (χ1n) is 6.19. The number of rotatable bonds is 6. The fourth-order valence-electron chi connectivity index (χ4n) is 1.80. The van der Waals surface area contributed by atoms with Crippen molar-refractivity contribution in [2.24, 2.45) is 7.05 Å². The van der Waals surface area contributed by atoms with Gasteiger partial charge in [0, 0.05) is 37.4 Å². The standard InChI is InChI=1S/C13H19N3O4/c1-8-10(9(2)16(3)15-8)4-5-12(18)14-11(6-7-17)13(19)20/h4-5,11,17H,6-7H2,1-3H3,(H,14,18)(H,19,20)/b5-4+. The Hall–Kier alpha value is -2.15. The summed E-state index contributed by atoms with van der Waals surface area (Å²) >= 11 is 0. The predicted molar refractivity (Wildman–Crippen MR) is 73.0 cm³/mol. The summed E-state index contributed by atoms with van der Waals surface area (Å²) in [7, 11) is 1.81. The number of aromatic nitrogens is 2. The molecule has 1 atom stereocenters. The molecule has 1 heterocycles. The zero-order valence-electron chi connectivity index (χ0n) is 11.8. The third-order valence-corrected chi connectivity index (χ3v) is 3.00. The Kier molecular flexibility index (Phi) is 5.45. The summed E-state index contributed by atoms with van der Waals surface area (Å²) < 4.78 is 1.71. The van der Waals surface area contributed by atoms with Gasteiger partial charge in [-0.25, -0.2) is 4.79 Å². The van der Waals surface area contributed by atoms with Crippen molar-refractivity contribution in [1.29, 1.82) is 0 Å². The second-order valence-corrected chi connectivity index (χ2v) is 4.45. The highest BCUT2D eigenvalue weighted by Crippen LogP contribution is 2.13. The van der Waals surface area contributed by atoms with Gasteiger partial charge in [-0.05, 0) is 19.9 Å². The van der Waals surface area contributed by atoms with Gasteiger partial charge in [-0.2, -0.15) is 5.10 Å². The highest BCUT2D eigenvalue weighted by Gasteiger charge is 2.18. The third kappa shape index (κ3) is 3.92. The van der Waals surface area contributed by atoms with Crippen LogP contribution in [0.2, 0.25) is 0 Å². The largest absolute Gasteiger partial charge is 0.480 e. The Morgan fingerprint density at radius 1 is 1.45 bits per heavy atom. The molecule has 7 heteroatoms. The molecule has 0 fully saturated rings. The lowest BCUT2D eigenvalue weighted by Gasteiger charge is -2.11. The monoisotopic (exact) mass is 281 g/mol. The number of carbonyl (C=O) groups excluding carboxylic acids is 1. The van der Waals surface area contributed by atoms with Crippen LogP contribution in [0.3, 0.4) is 0 Å². The van der Waals surface area contributed by atoms with Crippen molar-refractivity contribution in [2.45, 2.75) is 26.3 Å². The van der Waals surface area contributed by atoms with Crippen molar-refractivity contribution in [2.75, 3.05) is 6.61 Å². The van der Waals surface area contributed by atoms with Gasteiger partial charge in [-0.1, -0.05) is 0 Å². The first kappa shape index (κ1) is 15.9. The Labute approximate surface area is 116 Å². The number of carboxylic acids is 1. The number of carboxylic acid groups (broad SMARTS) is 1. The molecule has 0 aliphatic carbocycles. The molecule has 1 amide bonds. The molecule has 110 valence electrons. The quantitative estimate of drug-likeness (QED) is 0.637. The lowest BCUT2D eigenvalue weighted by Crippen LogP contribution is -2.40. The van der Waals surface area contributed by atoms with E-state index >= 15 is 0 Å². The van der Waals surface area contributed by atoms with Crippen LogP contribution in [0, 0.1) is 13.8 Å². The average molecular weight is 281 g/mol. The number of aryl methyl sites for hydroxylation is 2. The number of nitrogens with one attached hydrogen (secondary N) is 1. The third-order valence-electron chi connectivity index (χ3n) is 3.00. The lowest BCUT2D eigenvalue weighted by atomic mass is 10.1. The molecule has 7 nitrogen and oxygen atoms in total. The van der Waals surface area contributed by atoms with Crippen molar-refractivity contribution in [3.63, 3.8) is 0 Å². The van der Waals surface area contributed by atoms with E-state index in [-0.39, 0.29) is 13.0 Å². The molecule has 3 N–H and O–H groups in total. The second kappa shape index (κ2) is 6.85. The van der Waals surface area contributed by atoms with Crippen molar-refractivity contribution in [3.8, 4) is 0 Å². The highest BCUT2D eigenvalue weighted by atomic mass is 16.4. The van der Waals surface area contributed by atoms with E-state index in [2.05, 4.69) is 10.4 Å². The summed E-state index contributed by atoms with van der Waals surface area (Å²) in [6, 6.07) is -1.09. The summed E-state index contributed by atoms with van der Waals surface area (Å²) in [5, 5.41) is 24.1. The molecule has 0 aliphatic rings. The predicted octanol–water partition coefficient (Wildman–Crippen LogP) is 0.00194. The Morgan fingerprint density at radius 2 is 2.10 bits per heavy atom. The van der Waals surface area contributed by atoms with Crippen LogP contribution < -0.4 is 5.32 Å². The summed E-state index contributed by atoms with van der Waals surface area (Å²) in [5.74, 6) is -1.69. The molecule has 1 aromatic heterocycles. The van der Waals surface area contributed by atoms with Gasteiger partial charge < -0.3 is 15.5 Å². The molecule has 0 aliphatic heterocycles. The number of carbonyl (C=O) groups is 2. The molecule has 1 rings (SSSR count). The first-order valence-corrected chi connectivity index (χ1v) is 6.19. The molecular weight excluding hydrogens is 262 g/mol. The fourth-order valence-corrected chi connectivity index (χ4v) is 1.80. The Morgan fingerprint density at radius 3 is 2.55 bits per heavy atom. The van der Waals surface area contributed by atoms with Crippen molar-refractivity contribution >= 4 is 18.0 Å². The number of aliphatic carboxylic acids is 1. The van der Waals surface area contributed by atoms with E-state index in [1.54, 1.807) is 17.8 Å². The molecule has 1 aromatic rings. The molecule has 0 spiro atoms. The molecule has 0 saturated carbocycles. The van der Waals surface area contributed by atoms with E-state index in [9.17, 15) is 9.59 Å². The van der Waals surface area contributed by atoms with E-state index in [4.69, 9.17) is 10.2 Å². The topological polar surface area (TPSA) is 104 Å². The zero-order valence-corrected chi connectivity index (χ0v) is 11.8. The SMILES string of the molecule is Cc1nn(C)c(C)c1/C=C/C(=O)NC(CCO)C(=O)O. The summed E-state index contributed by atoms with van der Waals surface area (Å²) in [5.41, 5.74) is 2.53. The molecule has 20 heavy (non-hydrogen) atoms. The fraction of sp³-hybridized carbons (Fsp3) is 0.462. The minimum atomic E-state index is -1.17. The summed E-state index contributed by atoms with van der Waals surface area (Å²) in [6.45, 7) is 3.40. The van der Waals surface area contributed by atoms with Gasteiger partial charge in [0.1, 0.15) is 6.04 Å². The van der Waals surface area contributed by atoms with Crippen LogP contribution in [0.25, 0.3) is 6.08 Å². The molecule has 1 unspecified atom stereocenters. The molecular formula is C13H19N3O4. The maximum absolute atomic E-state index is 11.7. The number of amides is 1. The zero-order chi connectivity index (χ0) is 15.3. The minimum absolute atomic E-state index is 0.0279. The van der Waals surface area contributed by atoms with Crippen molar-refractivity contribution in [1.82, 2.24) is 15.1 Å². The van der Waals surface area contributed by atoms with Crippen molar-refractivity contribution < 1.29 is 19.8 Å². The van der Waals surface area contributed by atoms with Gasteiger partial charge in [0.25, 0.3) is 0 Å². The first-order chi connectivity index (χ1) is 9.36. The van der Waals surface area contributed by atoms with Crippen LogP contribution in [0.4, 0.5) is 0 Å². The van der Waals surface area contributed by atoms with Gasteiger partial charge in [-0.15, -0.1) is 0 Å². The Bertz CT molecular complexity index is 534. The van der Waals surface area contributed by atoms with Crippen LogP contribution in [-0.2, 0) is 16.6 Å². The van der Waals surface area contributed by atoms with Crippen LogP contribution in [0.1, 0.15) is 23.4 Å². The molecule has 0 radical (unpaired) electrons. The second-order valence-electron chi connectivity index (χ2n) is 4.45. The molecule has 0 aromatic carbocycles. The minimum Gasteiger partial charge on any atom is -0.480 e. The van der Waals surface area contributed by atoms with E-state index in [0.29, 0.717) is 0 Å². The van der Waals surface area contributed by atoms with Gasteiger partial charge in [0.05, 0.1) is 5.69 Å². The van der Waals surface area contributed by atoms with E-state index in [1.165, 1.54) is 6.08 Å². The van der Waals surface area contributed by atoms with Gasteiger partial charge in [-0.3, -0.25) is 9.48 Å². The average Bonchev–Trinajstić information content (AvgIpc) is 2.60. The highest BCUT2D eigenvalue weighted by molar-refractivity contribution is 5.94. The van der Waals surface area contributed by atoms with Crippen molar-refractivity contribution in [3.05, 3.63) is 23.0 Å². The van der Waals surface area contributed by atoms with Crippen LogP contribution >= 0.6 is 0 Å². The summed E-state index contributed by atoms with van der Waals surface area (Å²) in [6.07, 6.45) is 2.84. The smallest absolute Gasteiger partial charge is 0.326 e. The summed E-state index contributed by atoms with van der Waals surface area (Å²) in [4.78, 5) is 22.5. The van der Waals surface area contributed by atoms with Crippen LogP contribution in [0.15, 0.2) is 6.08 Å². The van der Waals surface area contributed by atoms with Crippen LogP contribution in [0.5, 0.6) is 0 Å². The number of hydrogen-bond acceptors (Lipinski definition) is 4. The number of aliphatic hydroxyl groups excluding tert-OH is 1. The normalized spacial score (nSPS) is 12.6. The van der Waals surface area contributed by atoms with Gasteiger partial charge in [0.15, 0.2) is 0 Å². The maximum Gasteiger partial charge on any atom is 0.326 e. The number of nitrogens with zero attached hydrogens (tertiary/aromatic N) is 2. The van der Waals surface area contributed by atoms with E-state index < -0.39 is 17.9 Å². The number of aliphatic hydroxyl groups is 1. The Balaban J connectivity index is 2.74. The van der Waals surface area contributed by atoms with E-state index in [1.807, 2.05) is 13.8 Å². The van der Waals surface area contributed by atoms with Crippen LogP contribution in [-0.4, -0.2) is 44.5 Å². The maximum atomic E-state index is 11.7. The van der Waals surface area contributed by atoms with Gasteiger partial charge in [0.2, 0.25) is 5.91 Å². The molecule has 0 saturated heterocycles. The molecule has 0 bridgehead atoms. The van der Waals surface area contributed by atoms with E-state index in [0.717, 1.165) is 17.0 Å². The number of hydrogen-bond donors (Lipinski definition) is 3. The lowest BCUT2D eigenvalue weighted by molar-refractivity contribution is -0.141. The van der Waals surface area contributed by atoms with Gasteiger partial charge >= 0.3 is 5.97 Å².